The molecule has 0 saturated heterocycles. The molecule has 1 atom stereocenters. The van der Waals surface area contributed by atoms with Crippen LogP contribution in [0.25, 0.3) is 0 Å². The Labute approximate surface area is 123 Å². The van der Waals surface area contributed by atoms with E-state index in [0.717, 1.165) is 5.56 Å². The molecule has 110 valence electrons. The average molecular weight is 286 g/mol. The highest BCUT2D eigenvalue weighted by Gasteiger charge is 2.35. The van der Waals surface area contributed by atoms with Crippen LogP contribution in [0.3, 0.4) is 0 Å². The third kappa shape index (κ3) is 2.81. The first-order valence-corrected chi connectivity index (χ1v) is 6.63. The molecule has 0 fully saturated rings. The molecule has 2 amide bonds. The van der Waals surface area contributed by atoms with Crippen LogP contribution in [0.15, 0.2) is 54.3 Å². The molecule has 21 heavy (non-hydrogen) atoms. The van der Waals surface area contributed by atoms with Crippen LogP contribution in [-0.4, -0.2) is 30.6 Å². The number of hydrogen-bond acceptors (Lipinski definition) is 3. The van der Waals surface area contributed by atoms with Crippen LogP contribution in [0, 0.1) is 0 Å². The summed E-state index contributed by atoms with van der Waals surface area (Å²) in [6.07, 6.45) is 1.61. The normalized spacial score (nSPS) is 18.3. The Morgan fingerprint density at radius 3 is 2.67 bits per heavy atom. The predicted octanol–water partition coefficient (Wildman–Crippen LogP) is 2.39. The Kier molecular flexibility index (Phi) is 4.42. The van der Waals surface area contributed by atoms with Crippen molar-refractivity contribution < 1.29 is 14.3 Å². The maximum absolute atomic E-state index is 12.2. The molecule has 1 aromatic carbocycles. The van der Waals surface area contributed by atoms with Crippen LogP contribution in [0.1, 0.15) is 18.5 Å². The molecule has 0 aliphatic carbocycles. The molecular weight excluding hydrogens is 268 g/mol. The summed E-state index contributed by atoms with van der Waals surface area (Å²) in [5, 5.41) is 2.84. The summed E-state index contributed by atoms with van der Waals surface area (Å²) in [7, 11) is 1.33. The van der Waals surface area contributed by atoms with Gasteiger partial charge in [0.25, 0.3) is 0 Å². The lowest BCUT2D eigenvalue weighted by molar-refractivity contribution is -0.136. The Bertz CT molecular complexity index is 593. The van der Waals surface area contributed by atoms with Gasteiger partial charge in [0.15, 0.2) is 0 Å². The van der Waals surface area contributed by atoms with E-state index < -0.39 is 12.0 Å². The van der Waals surface area contributed by atoms with E-state index in [1.807, 2.05) is 30.3 Å². The summed E-state index contributed by atoms with van der Waals surface area (Å²) in [5.74, 6) is -0.449. The van der Waals surface area contributed by atoms with Crippen molar-refractivity contribution in [1.29, 1.82) is 0 Å². The fourth-order valence-corrected chi connectivity index (χ4v) is 2.40. The van der Waals surface area contributed by atoms with Crippen molar-refractivity contribution in [2.75, 3.05) is 13.7 Å². The molecule has 1 N–H and O–H groups in total. The molecule has 5 nitrogen and oxygen atoms in total. The monoisotopic (exact) mass is 286 g/mol. The molecular formula is C16H18N2O3. The Hall–Kier alpha value is -2.56. The van der Waals surface area contributed by atoms with Crippen molar-refractivity contribution in [3.05, 3.63) is 59.8 Å². The molecule has 1 aliphatic heterocycles. The molecule has 5 heteroatoms. The molecule has 0 unspecified atom stereocenters. The molecule has 1 aliphatic rings. The Morgan fingerprint density at radius 2 is 2.10 bits per heavy atom. The van der Waals surface area contributed by atoms with E-state index in [0.29, 0.717) is 17.8 Å². The minimum Gasteiger partial charge on any atom is -0.466 e. The number of carbonyl (C=O) groups excluding carboxylic acids is 2. The molecule has 1 heterocycles. The summed E-state index contributed by atoms with van der Waals surface area (Å²) in [6, 6.07) is 8.58. The van der Waals surface area contributed by atoms with Crippen molar-refractivity contribution in [1.82, 2.24) is 10.2 Å². The molecule has 0 bridgehead atoms. The second kappa shape index (κ2) is 6.26. The highest BCUT2D eigenvalue weighted by atomic mass is 16.5. The molecule has 2 rings (SSSR count). The third-order valence-electron chi connectivity index (χ3n) is 3.45. The van der Waals surface area contributed by atoms with Gasteiger partial charge in [-0.3, -0.25) is 4.90 Å². The smallest absolute Gasteiger partial charge is 0.337 e. The fraction of sp³-hybridized carbons (Fsp3) is 0.250. The number of benzene rings is 1. The number of hydrogen-bond donors (Lipinski definition) is 1. The lowest BCUT2D eigenvalue weighted by Gasteiger charge is -2.34. The zero-order valence-corrected chi connectivity index (χ0v) is 12.1. The number of esters is 1. The van der Waals surface area contributed by atoms with Crippen LogP contribution in [-0.2, 0) is 9.53 Å². The SMILES string of the molecule is C=CCN1C(=O)N[C@@H](c2ccccc2)C(C(=O)OC)=C1C. The highest BCUT2D eigenvalue weighted by molar-refractivity contribution is 5.95. The van der Waals surface area contributed by atoms with Gasteiger partial charge in [-0.05, 0) is 12.5 Å². The van der Waals surface area contributed by atoms with Crippen molar-refractivity contribution in [3.8, 4) is 0 Å². The first-order chi connectivity index (χ1) is 10.1. The summed E-state index contributed by atoms with van der Waals surface area (Å²) in [4.78, 5) is 25.8. The fourth-order valence-electron chi connectivity index (χ4n) is 2.40. The number of rotatable bonds is 4. The number of urea groups is 1. The van der Waals surface area contributed by atoms with Crippen LogP contribution in [0.5, 0.6) is 0 Å². The average Bonchev–Trinajstić information content (AvgIpc) is 2.51. The number of nitrogens with zero attached hydrogens (tertiary/aromatic N) is 1. The molecule has 0 spiro atoms. The lowest BCUT2D eigenvalue weighted by Crippen LogP contribution is -2.47. The largest absolute Gasteiger partial charge is 0.466 e. The number of ether oxygens (including phenoxy) is 1. The second-order valence-electron chi connectivity index (χ2n) is 4.68. The summed E-state index contributed by atoms with van der Waals surface area (Å²) in [6.45, 7) is 5.70. The van der Waals surface area contributed by atoms with Gasteiger partial charge in [-0.15, -0.1) is 6.58 Å². The van der Waals surface area contributed by atoms with Gasteiger partial charge in [0.05, 0.1) is 18.7 Å². The van der Waals surface area contributed by atoms with E-state index in [-0.39, 0.29) is 6.03 Å². The van der Waals surface area contributed by atoms with Crippen LogP contribution in [0.2, 0.25) is 0 Å². The predicted molar refractivity (Wildman–Crippen MR) is 79.3 cm³/mol. The Morgan fingerprint density at radius 1 is 1.43 bits per heavy atom. The summed E-state index contributed by atoms with van der Waals surface area (Å²) in [5.41, 5.74) is 1.85. The van der Waals surface area contributed by atoms with Crippen molar-refractivity contribution in [3.63, 3.8) is 0 Å². The maximum Gasteiger partial charge on any atom is 0.337 e. The van der Waals surface area contributed by atoms with Crippen LogP contribution < -0.4 is 5.32 Å². The quantitative estimate of drug-likeness (QED) is 0.683. The van der Waals surface area contributed by atoms with E-state index in [1.54, 1.807) is 13.0 Å². The molecule has 1 aromatic rings. The number of methoxy groups -OCH3 is 1. The van der Waals surface area contributed by atoms with E-state index in [9.17, 15) is 9.59 Å². The van der Waals surface area contributed by atoms with Gasteiger partial charge in [-0.1, -0.05) is 36.4 Å². The van der Waals surface area contributed by atoms with Crippen molar-refractivity contribution in [2.45, 2.75) is 13.0 Å². The number of carbonyl (C=O) groups is 2. The Balaban J connectivity index is 2.52. The minimum atomic E-state index is -0.507. The topological polar surface area (TPSA) is 58.6 Å². The van der Waals surface area contributed by atoms with E-state index in [1.165, 1.54) is 12.0 Å². The first kappa shape index (κ1) is 14.8. The molecule has 0 aromatic heterocycles. The zero-order chi connectivity index (χ0) is 15.4. The van der Waals surface area contributed by atoms with Crippen molar-refractivity contribution in [2.24, 2.45) is 0 Å². The molecule has 0 radical (unpaired) electrons. The molecule has 0 saturated carbocycles. The van der Waals surface area contributed by atoms with Gasteiger partial charge >= 0.3 is 12.0 Å². The summed E-state index contributed by atoms with van der Waals surface area (Å²) >= 11 is 0. The van der Waals surface area contributed by atoms with Gasteiger partial charge < -0.3 is 10.1 Å². The zero-order valence-electron chi connectivity index (χ0n) is 12.1. The highest BCUT2D eigenvalue weighted by Crippen LogP contribution is 2.30. The van der Waals surface area contributed by atoms with E-state index in [4.69, 9.17) is 4.74 Å². The van der Waals surface area contributed by atoms with Crippen molar-refractivity contribution >= 4 is 12.0 Å². The number of nitrogens with one attached hydrogen (secondary N) is 1. The van der Waals surface area contributed by atoms with Gasteiger partial charge in [-0.2, -0.15) is 0 Å². The van der Waals surface area contributed by atoms with Gasteiger partial charge in [0, 0.05) is 12.2 Å². The summed E-state index contributed by atoms with van der Waals surface area (Å²) < 4.78 is 4.87. The van der Waals surface area contributed by atoms with Crippen LogP contribution in [0.4, 0.5) is 4.79 Å². The standard InChI is InChI=1S/C16H18N2O3/c1-4-10-18-11(2)13(15(19)21-3)14(17-16(18)20)12-8-6-5-7-9-12/h4-9,14H,1,10H2,2-3H3,(H,17,20)/t14-/m0/s1. The third-order valence-corrected chi connectivity index (χ3v) is 3.45. The van der Waals surface area contributed by atoms with Gasteiger partial charge in [0.1, 0.15) is 0 Å². The van der Waals surface area contributed by atoms with Gasteiger partial charge in [-0.25, -0.2) is 9.59 Å². The second-order valence-corrected chi connectivity index (χ2v) is 4.68. The lowest BCUT2D eigenvalue weighted by atomic mass is 9.95. The van der Waals surface area contributed by atoms with E-state index in [2.05, 4.69) is 11.9 Å². The first-order valence-electron chi connectivity index (χ1n) is 6.63. The maximum atomic E-state index is 12.2. The number of amides is 2. The van der Waals surface area contributed by atoms with E-state index >= 15 is 0 Å². The van der Waals surface area contributed by atoms with Gasteiger partial charge in [0.2, 0.25) is 0 Å². The number of allylic oxidation sites excluding steroid dienone is 1. The van der Waals surface area contributed by atoms with Crippen LogP contribution >= 0.6 is 0 Å². The minimum absolute atomic E-state index is 0.256.